The smallest absolute Gasteiger partial charge is 0.255 e. The van der Waals surface area contributed by atoms with E-state index in [4.69, 9.17) is 16.9 Å². The highest BCUT2D eigenvalue weighted by Gasteiger charge is 2.14. The normalized spacial score (nSPS) is 9.21. The molecule has 0 aromatic heterocycles. The lowest BCUT2D eigenvalue weighted by atomic mass is 10.1. The van der Waals surface area contributed by atoms with E-state index in [1.807, 2.05) is 0 Å². The van der Waals surface area contributed by atoms with Gasteiger partial charge in [0.15, 0.2) is 6.29 Å². The van der Waals surface area contributed by atoms with Crippen molar-refractivity contribution in [1.82, 2.24) is 0 Å². The van der Waals surface area contributed by atoms with Gasteiger partial charge in [0.05, 0.1) is 22.8 Å². The monoisotopic (exact) mass is 211 g/mol. The van der Waals surface area contributed by atoms with Gasteiger partial charge in [-0.25, -0.2) is 4.39 Å². The molecule has 0 saturated heterocycles. The van der Waals surface area contributed by atoms with Crippen molar-refractivity contribution in [3.63, 3.8) is 0 Å². The molecular weight excluding hydrogens is 209 g/mol. The van der Waals surface area contributed by atoms with Crippen LogP contribution in [0.4, 0.5) is 4.39 Å². The molecule has 0 spiro atoms. The predicted octanol–water partition coefficient (Wildman–Crippen LogP) is 1.89. The second kappa shape index (κ2) is 3.99. The van der Waals surface area contributed by atoms with Gasteiger partial charge in [0.2, 0.25) is 0 Å². The molecule has 1 aromatic carbocycles. The number of benzene rings is 1. The zero-order valence-electron chi connectivity index (χ0n) is 6.75. The molecule has 0 heterocycles. The molecule has 0 fully saturated rings. The van der Waals surface area contributed by atoms with E-state index >= 15 is 0 Å². The van der Waals surface area contributed by atoms with Crippen molar-refractivity contribution in [2.75, 3.05) is 0 Å². The number of carbonyl (C=O) groups excluding carboxylic acids is 2. The molecule has 1 aromatic rings. The van der Waals surface area contributed by atoms with Crippen LogP contribution in [0.3, 0.4) is 0 Å². The molecule has 70 valence electrons. The van der Waals surface area contributed by atoms with Gasteiger partial charge in [0.25, 0.3) is 5.24 Å². The van der Waals surface area contributed by atoms with Crippen LogP contribution in [0.25, 0.3) is 0 Å². The van der Waals surface area contributed by atoms with E-state index in [0.717, 1.165) is 12.1 Å². The molecular formula is C9H3ClFNO2. The molecule has 0 aliphatic carbocycles. The maximum atomic E-state index is 13.2. The van der Waals surface area contributed by atoms with Crippen LogP contribution in [-0.2, 0) is 0 Å². The van der Waals surface area contributed by atoms with Crippen molar-refractivity contribution < 1.29 is 14.0 Å². The summed E-state index contributed by atoms with van der Waals surface area (Å²) in [6.45, 7) is 0. The third-order valence-corrected chi connectivity index (χ3v) is 1.77. The van der Waals surface area contributed by atoms with Crippen molar-refractivity contribution in [3.05, 3.63) is 34.6 Å². The summed E-state index contributed by atoms with van der Waals surface area (Å²) in [7, 11) is 0. The van der Waals surface area contributed by atoms with Crippen molar-refractivity contribution in [2.45, 2.75) is 0 Å². The summed E-state index contributed by atoms with van der Waals surface area (Å²) < 4.78 is 13.2. The first-order chi connectivity index (χ1) is 6.60. The van der Waals surface area contributed by atoms with Gasteiger partial charge in [-0.1, -0.05) is 0 Å². The van der Waals surface area contributed by atoms with Crippen molar-refractivity contribution in [2.24, 2.45) is 0 Å². The Morgan fingerprint density at radius 1 is 1.57 bits per heavy atom. The summed E-state index contributed by atoms with van der Waals surface area (Å²) in [5.41, 5.74) is -0.807. The number of halogens is 2. The second-order valence-corrected chi connectivity index (χ2v) is 2.77. The quantitative estimate of drug-likeness (QED) is 0.554. The second-order valence-electron chi connectivity index (χ2n) is 2.43. The van der Waals surface area contributed by atoms with Crippen LogP contribution in [0.15, 0.2) is 12.1 Å². The molecule has 0 amide bonds. The van der Waals surface area contributed by atoms with Crippen LogP contribution >= 0.6 is 11.6 Å². The third kappa shape index (κ3) is 1.78. The molecule has 5 heteroatoms. The summed E-state index contributed by atoms with van der Waals surface area (Å²) in [4.78, 5) is 21.1. The number of carbonyl (C=O) groups is 2. The highest BCUT2D eigenvalue weighted by molar-refractivity contribution is 6.67. The topological polar surface area (TPSA) is 57.9 Å². The zero-order valence-corrected chi connectivity index (χ0v) is 7.51. The SMILES string of the molecule is N#Cc1cc(C=O)c(F)c(C(=O)Cl)c1. The lowest BCUT2D eigenvalue weighted by Crippen LogP contribution is -2.00. The van der Waals surface area contributed by atoms with Crippen molar-refractivity contribution in [3.8, 4) is 6.07 Å². The maximum absolute atomic E-state index is 13.2. The first kappa shape index (κ1) is 10.4. The fraction of sp³-hybridized carbons (Fsp3) is 0. The molecule has 0 atom stereocenters. The molecule has 0 unspecified atom stereocenters. The largest absolute Gasteiger partial charge is 0.298 e. The van der Waals surface area contributed by atoms with Crippen LogP contribution in [0, 0.1) is 17.1 Å². The highest BCUT2D eigenvalue weighted by atomic mass is 35.5. The summed E-state index contributed by atoms with van der Waals surface area (Å²) >= 11 is 5.06. The Labute approximate surface area is 83.7 Å². The van der Waals surface area contributed by atoms with Gasteiger partial charge in [-0.15, -0.1) is 0 Å². The maximum Gasteiger partial charge on any atom is 0.255 e. The van der Waals surface area contributed by atoms with Gasteiger partial charge >= 0.3 is 0 Å². The standard InChI is InChI=1S/C9H3ClFNO2/c10-9(14)7-2-5(3-12)1-6(4-13)8(7)11/h1-2,4H. The molecule has 0 aliphatic heterocycles. The predicted molar refractivity (Wildman–Crippen MR) is 46.7 cm³/mol. The van der Waals surface area contributed by atoms with Gasteiger partial charge in [-0.2, -0.15) is 5.26 Å². The van der Waals surface area contributed by atoms with Crippen LogP contribution in [0.2, 0.25) is 0 Å². The minimum absolute atomic E-state index is 0.0116. The number of nitrogens with zero attached hydrogens (tertiary/aromatic N) is 1. The summed E-state index contributed by atoms with van der Waals surface area (Å²) in [5.74, 6) is -1.00. The fourth-order valence-electron chi connectivity index (χ4n) is 0.940. The number of hydrogen-bond acceptors (Lipinski definition) is 3. The lowest BCUT2D eigenvalue weighted by Gasteiger charge is -2.00. The van der Waals surface area contributed by atoms with E-state index in [0.29, 0.717) is 0 Å². The lowest BCUT2D eigenvalue weighted by molar-refractivity contribution is 0.107. The average Bonchev–Trinajstić information content (AvgIpc) is 2.17. The van der Waals surface area contributed by atoms with Crippen LogP contribution in [-0.4, -0.2) is 11.5 Å². The van der Waals surface area contributed by atoms with E-state index in [9.17, 15) is 14.0 Å². The van der Waals surface area contributed by atoms with Gasteiger partial charge < -0.3 is 0 Å². The Bertz CT molecular complexity index is 451. The fourth-order valence-corrected chi connectivity index (χ4v) is 1.08. The molecule has 0 bridgehead atoms. The molecule has 1 rings (SSSR count). The molecule has 3 nitrogen and oxygen atoms in total. The Morgan fingerprint density at radius 3 is 2.64 bits per heavy atom. The van der Waals surface area contributed by atoms with Crippen LogP contribution in [0.5, 0.6) is 0 Å². The van der Waals surface area contributed by atoms with Gasteiger partial charge in [-0.3, -0.25) is 9.59 Å². The van der Waals surface area contributed by atoms with E-state index in [1.165, 1.54) is 0 Å². The van der Waals surface area contributed by atoms with Crippen LogP contribution in [0.1, 0.15) is 26.3 Å². The average molecular weight is 212 g/mol. The van der Waals surface area contributed by atoms with E-state index in [-0.39, 0.29) is 17.4 Å². The minimum atomic E-state index is -1.04. The Balaban J connectivity index is 3.51. The number of aldehydes is 1. The van der Waals surface area contributed by atoms with E-state index in [1.54, 1.807) is 6.07 Å². The van der Waals surface area contributed by atoms with Gasteiger partial charge in [-0.05, 0) is 23.7 Å². The van der Waals surface area contributed by atoms with E-state index in [2.05, 4.69) is 0 Å². The molecule has 14 heavy (non-hydrogen) atoms. The highest BCUT2D eigenvalue weighted by Crippen LogP contribution is 2.16. The third-order valence-electron chi connectivity index (χ3n) is 1.57. The summed E-state index contributed by atoms with van der Waals surface area (Å²) in [6.07, 6.45) is 0.222. The minimum Gasteiger partial charge on any atom is -0.298 e. The molecule has 0 aliphatic rings. The molecule has 0 radical (unpaired) electrons. The Hall–Kier alpha value is -1.73. The number of nitriles is 1. The Kier molecular flexibility index (Phi) is 2.95. The molecule has 0 N–H and O–H groups in total. The van der Waals surface area contributed by atoms with Gasteiger partial charge in [0.1, 0.15) is 5.82 Å². The number of rotatable bonds is 2. The van der Waals surface area contributed by atoms with Crippen LogP contribution < -0.4 is 0 Å². The van der Waals surface area contributed by atoms with Crippen molar-refractivity contribution in [1.29, 1.82) is 5.26 Å². The first-order valence-electron chi connectivity index (χ1n) is 3.48. The Morgan fingerprint density at radius 2 is 2.21 bits per heavy atom. The zero-order chi connectivity index (χ0) is 10.7. The number of hydrogen-bond donors (Lipinski definition) is 0. The van der Waals surface area contributed by atoms with Gasteiger partial charge in [0, 0.05) is 0 Å². The summed E-state index contributed by atoms with van der Waals surface area (Å²) in [6, 6.07) is 3.73. The van der Waals surface area contributed by atoms with E-state index < -0.39 is 16.6 Å². The summed E-state index contributed by atoms with van der Waals surface area (Å²) in [5, 5.41) is 7.47. The first-order valence-corrected chi connectivity index (χ1v) is 3.86. The van der Waals surface area contributed by atoms with Crippen molar-refractivity contribution >= 4 is 23.1 Å². The molecule has 0 saturated carbocycles.